The smallest absolute Gasteiger partial charge is 0.311 e. The lowest BCUT2D eigenvalue weighted by Crippen LogP contribution is -2.50. The zero-order chi connectivity index (χ0) is 16.4. The van der Waals surface area contributed by atoms with E-state index in [1.165, 1.54) is 32.1 Å². The van der Waals surface area contributed by atoms with Crippen LogP contribution in [-0.4, -0.2) is 25.2 Å². The summed E-state index contributed by atoms with van der Waals surface area (Å²) in [6, 6.07) is 0. The topological polar surface area (TPSA) is 18.5 Å². The first-order chi connectivity index (χ1) is 8.83. The van der Waals surface area contributed by atoms with Crippen LogP contribution in [-0.2, 0) is 8.23 Å². The lowest BCUT2D eigenvalue weighted by atomic mass is 10.2. The minimum absolute atomic E-state index is 1.36. The summed E-state index contributed by atoms with van der Waals surface area (Å²) in [5, 5.41) is 0. The Morgan fingerprint density at radius 3 is 1.05 bits per heavy atom. The molecule has 0 amide bonds. The fourth-order valence-corrected chi connectivity index (χ4v) is 14.5. The molecule has 0 rings (SSSR count). The van der Waals surface area contributed by atoms with E-state index in [-0.39, 0.29) is 0 Å². The Bertz CT molecular complexity index is 208. The summed E-state index contributed by atoms with van der Waals surface area (Å²) in [5.74, 6) is 0. The van der Waals surface area contributed by atoms with Gasteiger partial charge < -0.3 is 8.23 Å². The van der Waals surface area contributed by atoms with Gasteiger partial charge in [0.15, 0.2) is 16.6 Å². The molecule has 0 saturated carbocycles. The Hall–Kier alpha value is 0.571. The highest BCUT2D eigenvalue weighted by atomic mass is 28.5. The van der Waals surface area contributed by atoms with Gasteiger partial charge in [0.2, 0.25) is 0 Å². The fraction of sp³-hybridized carbons (Fsp3) is 1.00. The summed E-state index contributed by atoms with van der Waals surface area (Å²) in [4.78, 5) is 0. The highest BCUT2D eigenvalue weighted by Crippen LogP contribution is 2.19. The van der Waals surface area contributed by atoms with Crippen LogP contribution >= 0.6 is 0 Å². The van der Waals surface area contributed by atoms with Crippen LogP contribution in [0.2, 0.25) is 52.4 Å². The van der Waals surface area contributed by atoms with E-state index in [0.29, 0.717) is 0 Å². The molecule has 0 aromatic carbocycles. The van der Waals surface area contributed by atoms with Crippen molar-refractivity contribution < 1.29 is 8.23 Å². The second kappa shape index (κ2) is 10.3. The summed E-state index contributed by atoms with van der Waals surface area (Å²) in [6.07, 6.45) is 7.01. The van der Waals surface area contributed by atoms with Crippen molar-refractivity contribution >= 4 is 25.2 Å². The lowest BCUT2D eigenvalue weighted by Gasteiger charge is -2.35. The fourth-order valence-electron chi connectivity index (χ4n) is 2.17. The molecule has 0 radical (unpaired) electrons. The average molecular weight is 337 g/mol. The largest absolute Gasteiger partial charge is 0.437 e. The normalized spacial score (nSPS) is 12.9. The van der Waals surface area contributed by atoms with E-state index in [1.54, 1.807) is 0 Å². The highest BCUT2D eigenvalue weighted by molar-refractivity contribution is 6.87. The van der Waals surface area contributed by atoms with Gasteiger partial charge in [-0.2, -0.15) is 0 Å². The van der Waals surface area contributed by atoms with E-state index in [2.05, 4.69) is 66.2 Å². The Kier molecular flexibility index (Phi) is 11.8. The van der Waals surface area contributed by atoms with E-state index in [9.17, 15) is 0 Å². The third kappa shape index (κ3) is 20.9. The monoisotopic (exact) mass is 336 g/mol. The molecule has 0 heterocycles. The van der Waals surface area contributed by atoms with Crippen LogP contribution in [0.15, 0.2) is 0 Å². The molecule has 0 aromatic rings. The first kappa shape index (κ1) is 22.8. The van der Waals surface area contributed by atoms with Gasteiger partial charge >= 0.3 is 8.56 Å². The molecule has 0 saturated heterocycles. The van der Waals surface area contributed by atoms with E-state index >= 15 is 0 Å². The average Bonchev–Trinajstić information content (AvgIpc) is 2.11. The van der Waals surface area contributed by atoms with Crippen molar-refractivity contribution in [3.63, 3.8) is 0 Å². The second-order valence-electron chi connectivity index (χ2n) is 7.89. The van der Waals surface area contributed by atoms with Gasteiger partial charge in [-0.1, -0.05) is 46.0 Å². The Morgan fingerprint density at radius 2 is 0.850 bits per heavy atom. The molecule has 0 unspecified atom stereocenters. The van der Waals surface area contributed by atoms with Gasteiger partial charge in [0, 0.05) is 0 Å². The number of hydrogen-bond acceptors (Lipinski definition) is 2. The standard InChI is InChI=1S/C8H24O2Si3.C7H16/c1-11(2,3)9-13(7,8)10-12(4,5)6;1-3-5-7-6-4-2/h1-8H3;3-7H2,1-2H3. The zero-order valence-electron chi connectivity index (χ0n) is 15.9. The van der Waals surface area contributed by atoms with Gasteiger partial charge in [-0.25, -0.2) is 0 Å². The molecule has 0 aliphatic rings. The van der Waals surface area contributed by atoms with Crippen LogP contribution in [0.25, 0.3) is 0 Å². The summed E-state index contributed by atoms with van der Waals surface area (Å²) >= 11 is 0. The Balaban J connectivity index is 0. The molecule has 0 spiro atoms. The summed E-state index contributed by atoms with van der Waals surface area (Å²) in [7, 11) is -4.72. The molecule has 0 fully saturated rings. The molecule has 20 heavy (non-hydrogen) atoms. The van der Waals surface area contributed by atoms with Crippen LogP contribution in [0.4, 0.5) is 0 Å². The van der Waals surface area contributed by atoms with Crippen molar-refractivity contribution in [2.75, 3.05) is 0 Å². The predicted molar refractivity (Wildman–Crippen MR) is 101 cm³/mol. The van der Waals surface area contributed by atoms with Gasteiger partial charge in [-0.15, -0.1) is 0 Å². The molecule has 0 aliphatic heterocycles. The minimum Gasteiger partial charge on any atom is -0.437 e. The third-order valence-electron chi connectivity index (χ3n) is 2.31. The molecule has 0 N–H and O–H groups in total. The van der Waals surface area contributed by atoms with Crippen LogP contribution < -0.4 is 0 Å². The maximum absolute atomic E-state index is 6.09. The summed E-state index contributed by atoms with van der Waals surface area (Å²) in [6.45, 7) is 22.1. The van der Waals surface area contributed by atoms with E-state index in [4.69, 9.17) is 8.23 Å². The van der Waals surface area contributed by atoms with Crippen molar-refractivity contribution in [3.05, 3.63) is 0 Å². The van der Waals surface area contributed by atoms with E-state index in [1.807, 2.05) is 0 Å². The van der Waals surface area contributed by atoms with Gasteiger partial charge in [0.1, 0.15) is 0 Å². The number of rotatable bonds is 8. The molecule has 0 atom stereocenters. The van der Waals surface area contributed by atoms with Gasteiger partial charge in [-0.3, -0.25) is 0 Å². The van der Waals surface area contributed by atoms with Crippen LogP contribution in [0.5, 0.6) is 0 Å². The highest BCUT2D eigenvalue weighted by Gasteiger charge is 2.35. The molecular weight excluding hydrogens is 296 g/mol. The minimum atomic E-state index is -1.85. The third-order valence-corrected chi connectivity index (χ3v) is 11.1. The number of hydrogen-bond donors (Lipinski definition) is 0. The van der Waals surface area contributed by atoms with Crippen molar-refractivity contribution in [2.45, 2.75) is 98.3 Å². The zero-order valence-corrected chi connectivity index (χ0v) is 18.9. The van der Waals surface area contributed by atoms with Crippen molar-refractivity contribution in [2.24, 2.45) is 0 Å². The summed E-state index contributed by atoms with van der Waals surface area (Å²) in [5.41, 5.74) is 0. The molecule has 0 aromatic heterocycles. The first-order valence-corrected chi connectivity index (χ1v) is 17.9. The molecule has 2 nitrogen and oxygen atoms in total. The van der Waals surface area contributed by atoms with E-state index < -0.39 is 25.2 Å². The lowest BCUT2D eigenvalue weighted by molar-refractivity contribution is 0.395. The molecule has 0 aliphatic carbocycles. The Labute approximate surface area is 132 Å². The van der Waals surface area contributed by atoms with Gasteiger partial charge in [-0.05, 0) is 52.4 Å². The van der Waals surface area contributed by atoms with Crippen molar-refractivity contribution in [3.8, 4) is 0 Å². The van der Waals surface area contributed by atoms with Crippen LogP contribution in [0, 0.1) is 0 Å². The second-order valence-corrected chi connectivity index (χ2v) is 20.8. The molecule has 0 bridgehead atoms. The molecule has 124 valence electrons. The van der Waals surface area contributed by atoms with E-state index in [0.717, 1.165) is 0 Å². The Morgan fingerprint density at radius 1 is 0.550 bits per heavy atom. The number of unbranched alkanes of at least 4 members (excludes halogenated alkanes) is 4. The molecular formula is C15H40O2Si3. The quantitative estimate of drug-likeness (QED) is 0.379. The molecule has 5 heteroatoms. The first-order valence-electron chi connectivity index (χ1n) is 8.23. The van der Waals surface area contributed by atoms with Gasteiger partial charge in [0.25, 0.3) is 0 Å². The SMILES string of the molecule is CCCCCCC.C[Si](C)(C)O[Si](C)(C)O[Si](C)(C)C. The van der Waals surface area contributed by atoms with Crippen molar-refractivity contribution in [1.29, 1.82) is 0 Å². The van der Waals surface area contributed by atoms with Crippen LogP contribution in [0.3, 0.4) is 0 Å². The van der Waals surface area contributed by atoms with Crippen LogP contribution in [0.1, 0.15) is 46.0 Å². The van der Waals surface area contributed by atoms with Crippen molar-refractivity contribution in [1.82, 2.24) is 0 Å². The predicted octanol–water partition coefficient (Wildman–Crippen LogP) is 6.37. The summed E-state index contributed by atoms with van der Waals surface area (Å²) < 4.78 is 12.2. The maximum Gasteiger partial charge on any atom is 0.311 e. The van der Waals surface area contributed by atoms with Gasteiger partial charge in [0.05, 0.1) is 0 Å². The maximum atomic E-state index is 6.09.